The van der Waals surface area contributed by atoms with E-state index in [0.717, 1.165) is 25.7 Å². The number of benzene rings is 2. The van der Waals surface area contributed by atoms with Gasteiger partial charge in [0.1, 0.15) is 5.84 Å². The Balaban J connectivity index is 1.63. The number of rotatable bonds is 8. The van der Waals surface area contributed by atoms with E-state index >= 15 is 0 Å². The Kier molecular flexibility index (Phi) is 7.06. The molecule has 2 N–H and O–H groups in total. The summed E-state index contributed by atoms with van der Waals surface area (Å²) in [4.78, 5) is 30.2. The summed E-state index contributed by atoms with van der Waals surface area (Å²) < 4.78 is 29.3. The number of nitrogens with zero attached hydrogens (tertiary/aromatic N) is 3. The summed E-state index contributed by atoms with van der Waals surface area (Å²) in [6, 6.07) is 12.8. The topological polar surface area (TPSA) is 123 Å². The number of hydrogen-bond donors (Lipinski definition) is 2. The Morgan fingerprint density at radius 2 is 1.88 bits per heavy atom. The van der Waals surface area contributed by atoms with Gasteiger partial charge in [0.15, 0.2) is 5.69 Å². The molecule has 0 radical (unpaired) electrons. The van der Waals surface area contributed by atoms with Crippen LogP contribution in [0.2, 0.25) is 0 Å². The molecule has 1 aliphatic rings. The van der Waals surface area contributed by atoms with Crippen LogP contribution in [0.25, 0.3) is 10.8 Å². The standard InChI is InChI=1S/C24H27N5O4S/c1-2-3-6-15-29-24(31)20-12-5-4-11-19(20)22(27-29)23(30)26-17-9-7-10-18(16-17)34(32,33)28-21-13-8-14-25-21/h4-5,7,9-12,16H,2-3,6,8,13-15H2,1H3,(H,25,28)(H,26,30). The molecular formula is C24H27N5O4S. The number of carbonyl (C=O) groups is 1. The maximum absolute atomic E-state index is 13.2. The van der Waals surface area contributed by atoms with Crippen LogP contribution in [-0.4, -0.2) is 36.5 Å². The average Bonchev–Trinajstić information content (AvgIpc) is 3.33. The fraction of sp³-hybridized carbons (Fsp3) is 0.333. The molecular weight excluding hydrogens is 454 g/mol. The third-order valence-corrected chi connectivity index (χ3v) is 6.96. The lowest BCUT2D eigenvalue weighted by atomic mass is 10.1. The van der Waals surface area contributed by atoms with Gasteiger partial charge in [-0.1, -0.05) is 44.0 Å². The zero-order valence-electron chi connectivity index (χ0n) is 19.0. The number of aromatic nitrogens is 2. The summed E-state index contributed by atoms with van der Waals surface area (Å²) in [7, 11) is -3.82. The number of carbonyl (C=O) groups excluding carboxylic acids is 1. The van der Waals surface area contributed by atoms with E-state index in [2.05, 4.69) is 27.1 Å². The van der Waals surface area contributed by atoms with E-state index in [9.17, 15) is 18.0 Å². The van der Waals surface area contributed by atoms with Crippen molar-refractivity contribution in [1.82, 2.24) is 14.5 Å². The lowest BCUT2D eigenvalue weighted by Crippen LogP contribution is -2.29. The van der Waals surface area contributed by atoms with Crippen LogP contribution in [-0.2, 0) is 16.6 Å². The van der Waals surface area contributed by atoms with Crippen molar-refractivity contribution >= 4 is 38.2 Å². The third-order valence-electron chi connectivity index (χ3n) is 5.59. The highest BCUT2D eigenvalue weighted by Gasteiger charge is 2.20. The lowest BCUT2D eigenvalue weighted by molar-refractivity contribution is 0.102. The zero-order chi connectivity index (χ0) is 24.1. The number of sulfonamides is 1. The first-order valence-corrected chi connectivity index (χ1v) is 12.8. The predicted octanol–water partition coefficient (Wildman–Crippen LogP) is 3.31. The molecule has 2 heterocycles. The molecule has 1 amide bonds. The third kappa shape index (κ3) is 5.17. The van der Waals surface area contributed by atoms with Gasteiger partial charge in [-0.25, -0.2) is 13.1 Å². The number of hydrogen-bond acceptors (Lipinski definition) is 6. The summed E-state index contributed by atoms with van der Waals surface area (Å²) in [5.41, 5.74) is 0.173. The Morgan fingerprint density at radius 1 is 1.09 bits per heavy atom. The van der Waals surface area contributed by atoms with Crippen LogP contribution in [0.4, 0.5) is 5.69 Å². The molecule has 34 heavy (non-hydrogen) atoms. The van der Waals surface area contributed by atoms with Gasteiger partial charge < -0.3 is 5.32 Å². The van der Waals surface area contributed by atoms with Crippen LogP contribution >= 0.6 is 0 Å². The quantitative estimate of drug-likeness (QED) is 0.478. The van der Waals surface area contributed by atoms with Gasteiger partial charge in [0, 0.05) is 30.6 Å². The first kappa shape index (κ1) is 23.6. The molecule has 0 bridgehead atoms. The summed E-state index contributed by atoms with van der Waals surface area (Å²) in [5, 5.41) is 7.94. The minimum Gasteiger partial charge on any atom is -0.321 e. The Morgan fingerprint density at radius 3 is 2.62 bits per heavy atom. The maximum Gasteiger partial charge on any atom is 0.276 e. The van der Waals surface area contributed by atoms with Crippen molar-refractivity contribution in [3.8, 4) is 0 Å². The van der Waals surface area contributed by atoms with Gasteiger partial charge in [0.05, 0.1) is 10.3 Å². The molecule has 1 aromatic heterocycles. The second kappa shape index (κ2) is 10.2. The van der Waals surface area contributed by atoms with Gasteiger partial charge in [0.25, 0.3) is 21.5 Å². The van der Waals surface area contributed by atoms with Gasteiger partial charge >= 0.3 is 0 Å². The van der Waals surface area contributed by atoms with Gasteiger partial charge in [-0.05, 0) is 37.1 Å². The van der Waals surface area contributed by atoms with E-state index in [4.69, 9.17) is 0 Å². The van der Waals surface area contributed by atoms with Crippen molar-refractivity contribution in [2.45, 2.75) is 50.5 Å². The SMILES string of the molecule is CCCCCn1nc(C(=O)Nc2cccc(S(=O)(=O)NC3=NCCC3)c2)c2ccccc2c1=O. The normalized spacial score (nSPS) is 13.6. The molecule has 0 unspecified atom stereocenters. The Labute approximate surface area is 198 Å². The minimum atomic E-state index is -3.82. The van der Waals surface area contributed by atoms with Crippen LogP contribution in [0, 0.1) is 0 Å². The molecule has 0 atom stereocenters. The molecule has 178 valence electrons. The highest BCUT2D eigenvalue weighted by Crippen LogP contribution is 2.19. The summed E-state index contributed by atoms with van der Waals surface area (Å²) in [6.07, 6.45) is 4.13. The summed E-state index contributed by atoms with van der Waals surface area (Å²) in [5.74, 6) is -0.0847. The number of nitrogens with one attached hydrogen (secondary N) is 2. The van der Waals surface area contributed by atoms with Crippen molar-refractivity contribution in [3.63, 3.8) is 0 Å². The molecule has 0 spiro atoms. The van der Waals surface area contributed by atoms with E-state index in [1.807, 2.05) is 0 Å². The predicted molar refractivity (Wildman–Crippen MR) is 132 cm³/mol. The number of anilines is 1. The summed E-state index contributed by atoms with van der Waals surface area (Å²) >= 11 is 0. The van der Waals surface area contributed by atoms with Crippen LogP contribution in [0.3, 0.4) is 0 Å². The van der Waals surface area contributed by atoms with Crippen LogP contribution < -0.4 is 15.6 Å². The smallest absolute Gasteiger partial charge is 0.276 e. The van der Waals surface area contributed by atoms with Crippen LogP contribution in [0.5, 0.6) is 0 Å². The highest BCUT2D eigenvalue weighted by molar-refractivity contribution is 7.90. The number of fused-ring (bicyclic) bond motifs is 1. The fourth-order valence-corrected chi connectivity index (χ4v) is 4.97. The number of amides is 1. The fourth-order valence-electron chi connectivity index (χ4n) is 3.83. The van der Waals surface area contributed by atoms with Crippen LogP contribution in [0.15, 0.2) is 63.2 Å². The number of amidine groups is 1. The number of unbranched alkanes of at least 4 members (excludes halogenated alkanes) is 2. The highest BCUT2D eigenvalue weighted by atomic mass is 32.2. The van der Waals surface area contributed by atoms with Crippen LogP contribution in [0.1, 0.15) is 49.5 Å². The molecule has 9 nitrogen and oxygen atoms in total. The minimum absolute atomic E-state index is 0.0160. The Bertz CT molecular complexity index is 1410. The molecule has 2 aromatic carbocycles. The maximum atomic E-state index is 13.2. The van der Waals surface area contributed by atoms with E-state index in [0.29, 0.717) is 41.8 Å². The van der Waals surface area contributed by atoms with Crippen molar-refractivity contribution < 1.29 is 13.2 Å². The van der Waals surface area contributed by atoms with Crippen molar-refractivity contribution in [2.75, 3.05) is 11.9 Å². The van der Waals surface area contributed by atoms with Gasteiger partial charge in [-0.2, -0.15) is 5.10 Å². The van der Waals surface area contributed by atoms with E-state index < -0.39 is 15.9 Å². The summed E-state index contributed by atoms with van der Waals surface area (Å²) in [6.45, 7) is 3.09. The molecule has 0 aliphatic carbocycles. The largest absolute Gasteiger partial charge is 0.321 e. The van der Waals surface area contributed by atoms with E-state index in [1.165, 1.54) is 16.8 Å². The Hall–Kier alpha value is -3.53. The van der Waals surface area contributed by atoms with Gasteiger partial charge in [-0.3, -0.25) is 19.3 Å². The second-order valence-electron chi connectivity index (χ2n) is 8.15. The first-order chi connectivity index (χ1) is 16.4. The van der Waals surface area contributed by atoms with Gasteiger partial charge in [-0.15, -0.1) is 0 Å². The number of aryl methyl sites for hydroxylation is 1. The van der Waals surface area contributed by atoms with E-state index in [1.54, 1.807) is 36.4 Å². The molecule has 0 saturated heterocycles. The van der Waals surface area contributed by atoms with Crippen molar-refractivity contribution in [2.24, 2.45) is 4.99 Å². The lowest BCUT2D eigenvalue weighted by Gasteiger charge is -2.12. The average molecular weight is 482 g/mol. The molecule has 0 fully saturated rings. The monoisotopic (exact) mass is 481 g/mol. The molecule has 4 rings (SSSR count). The molecule has 10 heteroatoms. The van der Waals surface area contributed by atoms with E-state index in [-0.39, 0.29) is 16.1 Å². The van der Waals surface area contributed by atoms with Crippen molar-refractivity contribution in [1.29, 1.82) is 0 Å². The number of aliphatic imine (C=N–C) groups is 1. The zero-order valence-corrected chi connectivity index (χ0v) is 19.8. The first-order valence-electron chi connectivity index (χ1n) is 11.4. The molecule has 3 aromatic rings. The second-order valence-corrected chi connectivity index (χ2v) is 9.83. The van der Waals surface area contributed by atoms with Crippen molar-refractivity contribution in [3.05, 3.63) is 64.6 Å². The molecule has 1 aliphatic heterocycles. The van der Waals surface area contributed by atoms with Gasteiger partial charge in [0.2, 0.25) is 0 Å². The molecule has 0 saturated carbocycles.